The van der Waals surface area contributed by atoms with E-state index in [0.717, 1.165) is 5.56 Å². The first-order valence-electron chi connectivity index (χ1n) is 6.99. The third kappa shape index (κ3) is 4.17. The normalized spacial score (nSPS) is 10.3. The molecule has 0 fully saturated rings. The van der Waals surface area contributed by atoms with Crippen molar-refractivity contribution in [2.45, 2.75) is 0 Å². The molecule has 0 saturated heterocycles. The molecule has 0 aliphatic heterocycles. The van der Waals surface area contributed by atoms with Crippen molar-refractivity contribution < 1.29 is 19.4 Å². The van der Waals surface area contributed by atoms with Crippen LogP contribution in [-0.2, 0) is 0 Å². The van der Waals surface area contributed by atoms with Crippen molar-refractivity contribution >= 4 is 29.4 Å². The summed E-state index contributed by atoms with van der Waals surface area (Å²) in [5, 5.41) is 9.55. The summed E-state index contributed by atoms with van der Waals surface area (Å²) in [6.45, 7) is 0. The van der Waals surface area contributed by atoms with Crippen LogP contribution in [0.1, 0.15) is 0 Å². The number of halogens is 2. The molecular weight excluding hydrogens is 367 g/mol. The lowest BCUT2D eigenvalue weighted by molar-refractivity contribution is 0.142. The van der Waals surface area contributed by atoms with Gasteiger partial charge in [0.15, 0.2) is 5.82 Å². The molecule has 25 heavy (non-hydrogen) atoms. The smallest absolute Gasteiger partial charge is 0.449 e. The molecule has 0 unspecified atom stereocenters. The predicted octanol–water partition coefficient (Wildman–Crippen LogP) is 5.30. The Morgan fingerprint density at radius 1 is 1.04 bits per heavy atom. The van der Waals surface area contributed by atoms with Crippen molar-refractivity contribution in [2.24, 2.45) is 0 Å². The minimum atomic E-state index is -1.52. The van der Waals surface area contributed by atoms with Gasteiger partial charge in [-0.15, -0.1) is 0 Å². The number of carbonyl (C=O) groups is 1. The van der Waals surface area contributed by atoms with Crippen molar-refractivity contribution in [3.05, 3.63) is 64.8 Å². The Balaban J connectivity index is 2.04. The van der Waals surface area contributed by atoms with E-state index in [0.29, 0.717) is 10.8 Å². The zero-order chi connectivity index (χ0) is 17.8. The second-order valence-corrected chi connectivity index (χ2v) is 5.62. The van der Waals surface area contributed by atoms with Gasteiger partial charge in [0.1, 0.15) is 5.75 Å². The van der Waals surface area contributed by atoms with E-state index in [4.69, 9.17) is 33.0 Å². The van der Waals surface area contributed by atoms with Gasteiger partial charge in [-0.25, -0.2) is 9.78 Å². The van der Waals surface area contributed by atoms with Gasteiger partial charge in [0, 0.05) is 16.7 Å². The highest BCUT2D eigenvalue weighted by molar-refractivity contribution is 6.34. The van der Waals surface area contributed by atoms with Crippen LogP contribution in [0.2, 0.25) is 10.0 Å². The highest BCUT2D eigenvalue weighted by atomic mass is 35.5. The first-order valence-corrected chi connectivity index (χ1v) is 7.74. The maximum absolute atomic E-state index is 10.9. The van der Waals surface area contributed by atoms with Crippen molar-refractivity contribution in [2.75, 3.05) is 0 Å². The van der Waals surface area contributed by atoms with E-state index in [-0.39, 0.29) is 22.4 Å². The number of aromatic nitrogens is 2. The molecule has 1 heterocycles. The van der Waals surface area contributed by atoms with Crippen LogP contribution in [-0.4, -0.2) is 21.2 Å². The molecule has 0 saturated carbocycles. The van der Waals surface area contributed by atoms with Crippen molar-refractivity contribution in [3.63, 3.8) is 0 Å². The van der Waals surface area contributed by atoms with Gasteiger partial charge in [0.2, 0.25) is 5.75 Å². The molecule has 0 aliphatic rings. The average molecular weight is 377 g/mol. The average Bonchev–Trinajstić information content (AvgIpc) is 2.60. The molecule has 3 aromatic rings. The Bertz CT molecular complexity index is 920. The van der Waals surface area contributed by atoms with Gasteiger partial charge in [0.25, 0.3) is 5.88 Å². The lowest BCUT2D eigenvalue weighted by Crippen LogP contribution is -2.06. The SMILES string of the molecule is O=C(O)Oc1cnc(-c2ccccc2)nc1Oc1cc(Cl)ccc1Cl. The van der Waals surface area contributed by atoms with E-state index < -0.39 is 6.16 Å². The fraction of sp³-hybridized carbons (Fsp3) is 0. The van der Waals surface area contributed by atoms with Gasteiger partial charge in [-0.2, -0.15) is 4.98 Å². The number of hydrogen-bond donors (Lipinski definition) is 1. The lowest BCUT2D eigenvalue weighted by Gasteiger charge is -2.11. The maximum atomic E-state index is 10.9. The second kappa shape index (κ2) is 7.38. The molecule has 126 valence electrons. The molecule has 0 aliphatic carbocycles. The van der Waals surface area contributed by atoms with E-state index in [9.17, 15) is 4.79 Å². The maximum Gasteiger partial charge on any atom is 0.511 e. The number of ether oxygens (including phenoxy) is 2. The molecule has 0 spiro atoms. The Hall–Kier alpha value is -2.83. The van der Waals surface area contributed by atoms with Gasteiger partial charge < -0.3 is 14.6 Å². The fourth-order valence-corrected chi connectivity index (χ4v) is 2.30. The minimum Gasteiger partial charge on any atom is -0.449 e. The predicted molar refractivity (Wildman–Crippen MR) is 92.7 cm³/mol. The van der Waals surface area contributed by atoms with Crippen LogP contribution in [0.25, 0.3) is 11.4 Å². The van der Waals surface area contributed by atoms with E-state index >= 15 is 0 Å². The highest BCUT2D eigenvalue weighted by Crippen LogP contribution is 2.36. The third-order valence-corrected chi connectivity index (χ3v) is 3.60. The molecule has 0 atom stereocenters. The zero-order valence-electron chi connectivity index (χ0n) is 12.5. The number of rotatable bonds is 4. The Kier molecular flexibility index (Phi) is 5.02. The van der Waals surface area contributed by atoms with Crippen LogP contribution in [0.5, 0.6) is 17.4 Å². The summed E-state index contributed by atoms with van der Waals surface area (Å²) in [6, 6.07) is 13.8. The summed E-state index contributed by atoms with van der Waals surface area (Å²) in [7, 11) is 0. The van der Waals surface area contributed by atoms with Gasteiger partial charge in [0.05, 0.1) is 11.2 Å². The molecule has 0 bridgehead atoms. The second-order valence-electron chi connectivity index (χ2n) is 4.77. The number of carboxylic acid groups (broad SMARTS) is 1. The largest absolute Gasteiger partial charge is 0.511 e. The lowest BCUT2D eigenvalue weighted by atomic mass is 10.2. The first-order chi connectivity index (χ1) is 12.0. The van der Waals surface area contributed by atoms with E-state index in [1.807, 2.05) is 30.3 Å². The molecule has 0 radical (unpaired) electrons. The Morgan fingerprint density at radius 2 is 1.80 bits per heavy atom. The molecule has 0 amide bonds. The van der Waals surface area contributed by atoms with E-state index in [2.05, 4.69) is 14.7 Å². The number of nitrogens with zero attached hydrogens (tertiary/aromatic N) is 2. The summed E-state index contributed by atoms with van der Waals surface area (Å²) in [4.78, 5) is 19.2. The van der Waals surface area contributed by atoms with Crippen LogP contribution >= 0.6 is 23.2 Å². The number of hydrogen-bond acceptors (Lipinski definition) is 5. The highest BCUT2D eigenvalue weighted by Gasteiger charge is 2.16. The van der Waals surface area contributed by atoms with Crippen LogP contribution < -0.4 is 9.47 Å². The van der Waals surface area contributed by atoms with Crippen LogP contribution in [0.3, 0.4) is 0 Å². The molecular formula is C17H10Cl2N2O4. The summed E-state index contributed by atoms with van der Waals surface area (Å²) >= 11 is 12.0. The van der Waals surface area contributed by atoms with Crippen molar-refractivity contribution in [1.29, 1.82) is 0 Å². The molecule has 3 rings (SSSR count). The minimum absolute atomic E-state index is 0.0968. The van der Waals surface area contributed by atoms with Crippen molar-refractivity contribution in [1.82, 2.24) is 9.97 Å². The Labute approximate surface area is 152 Å². The summed E-state index contributed by atoms with van der Waals surface area (Å²) in [5.41, 5.74) is 0.728. The Morgan fingerprint density at radius 3 is 2.52 bits per heavy atom. The molecule has 1 N–H and O–H groups in total. The van der Waals surface area contributed by atoms with Crippen LogP contribution in [0, 0.1) is 0 Å². The zero-order valence-corrected chi connectivity index (χ0v) is 14.0. The monoisotopic (exact) mass is 376 g/mol. The standard InChI is InChI=1S/C17H10Cl2N2O4/c18-11-6-7-12(19)13(8-11)24-16-14(25-17(22)23)9-20-15(21-16)10-4-2-1-3-5-10/h1-9H,(H,22,23). The third-order valence-electron chi connectivity index (χ3n) is 3.05. The van der Waals surface area contributed by atoms with Crippen LogP contribution in [0.15, 0.2) is 54.7 Å². The molecule has 6 nitrogen and oxygen atoms in total. The quantitative estimate of drug-likeness (QED) is 0.622. The van der Waals surface area contributed by atoms with Crippen molar-refractivity contribution in [3.8, 4) is 28.8 Å². The van der Waals surface area contributed by atoms with Gasteiger partial charge in [-0.3, -0.25) is 0 Å². The molecule has 2 aromatic carbocycles. The summed E-state index contributed by atoms with van der Waals surface area (Å²) < 4.78 is 10.3. The van der Waals surface area contributed by atoms with Gasteiger partial charge in [-0.1, -0.05) is 53.5 Å². The van der Waals surface area contributed by atoms with E-state index in [1.54, 1.807) is 12.1 Å². The van der Waals surface area contributed by atoms with Crippen LogP contribution in [0.4, 0.5) is 4.79 Å². The van der Waals surface area contributed by atoms with Gasteiger partial charge in [-0.05, 0) is 12.1 Å². The molecule has 1 aromatic heterocycles. The summed E-state index contributed by atoms with van der Waals surface area (Å²) in [5.74, 6) is 0.289. The van der Waals surface area contributed by atoms with E-state index in [1.165, 1.54) is 12.3 Å². The summed E-state index contributed by atoms with van der Waals surface area (Å²) in [6.07, 6.45) is -0.296. The number of benzene rings is 2. The van der Waals surface area contributed by atoms with Gasteiger partial charge >= 0.3 is 6.16 Å². The fourth-order valence-electron chi connectivity index (χ4n) is 1.98. The first kappa shape index (κ1) is 17.0. The topological polar surface area (TPSA) is 81.5 Å². The molecule has 8 heteroatoms.